The van der Waals surface area contributed by atoms with Gasteiger partial charge in [-0.3, -0.25) is 0 Å². The molecule has 5 nitrogen and oxygen atoms in total. The summed E-state index contributed by atoms with van der Waals surface area (Å²) in [5, 5.41) is 0. The van der Waals surface area contributed by atoms with Gasteiger partial charge in [0, 0.05) is 5.56 Å². The second-order valence-electron chi connectivity index (χ2n) is 6.03. The highest BCUT2D eigenvalue weighted by atomic mass is 16.5. The van der Waals surface area contributed by atoms with Gasteiger partial charge in [0.2, 0.25) is 11.7 Å². The van der Waals surface area contributed by atoms with E-state index in [-0.39, 0.29) is 18.1 Å². The number of nitrogens with zero attached hydrogens (tertiary/aromatic N) is 1. The first-order valence-electron chi connectivity index (χ1n) is 8.55. The zero-order valence-corrected chi connectivity index (χ0v) is 14.7. The number of esters is 1. The molecule has 0 saturated carbocycles. The normalized spacial score (nSPS) is 10.7. The third-order valence-electron chi connectivity index (χ3n) is 4.02. The molecule has 4 rings (SSSR count). The molecule has 0 spiro atoms. The molecule has 2 aromatic heterocycles. The fourth-order valence-electron chi connectivity index (χ4n) is 2.68. The number of aryl methyl sites for hydroxylation is 1. The van der Waals surface area contributed by atoms with Crippen LogP contribution in [-0.4, -0.2) is 11.0 Å². The number of furan rings is 1. The summed E-state index contributed by atoms with van der Waals surface area (Å²) >= 11 is 0. The number of rotatable bonds is 5. The van der Waals surface area contributed by atoms with E-state index >= 15 is 0 Å². The molecule has 2 aromatic carbocycles. The summed E-state index contributed by atoms with van der Waals surface area (Å²) in [5.41, 5.74) is 1.76. The topological polar surface area (TPSA) is 65.5 Å². The van der Waals surface area contributed by atoms with Crippen molar-refractivity contribution in [2.24, 2.45) is 0 Å². The molecular formula is C22H17NO4. The minimum atomic E-state index is -0.561. The molecule has 0 atom stereocenters. The van der Waals surface area contributed by atoms with Crippen molar-refractivity contribution in [2.75, 3.05) is 0 Å². The van der Waals surface area contributed by atoms with Crippen LogP contribution < -0.4 is 0 Å². The van der Waals surface area contributed by atoms with Gasteiger partial charge in [-0.2, -0.15) is 0 Å². The SMILES string of the molecule is Cc1ccc(-c2oc(-c3ccccc3)nc2C(=O)OCc2ccccc2)o1. The van der Waals surface area contributed by atoms with Gasteiger partial charge in [0.1, 0.15) is 12.4 Å². The maximum absolute atomic E-state index is 12.7. The number of ether oxygens (including phenoxy) is 1. The standard InChI is InChI=1S/C22H17NO4/c1-15-12-13-18(26-15)20-19(22(24)25-14-16-8-4-2-5-9-16)23-21(27-20)17-10-6-3-7-11-17/h2-13H,14H2,1H3. The van der Waals surface area contributed by atoms with Crippen molar-refractivity contribution in [3.8, 4) is 23.0 Å². The minimum Gasteiger partial charge on any atom is -0.458 e. The van der Waals surface area contributed by atoms with Gasteiger partial charge in [-0.15, -0.1) is 0 Å². The van der Waals surface area contributed by atoms with E-state index in [0.717, 1.165) is 11.1 Å². The lowest BCUT2D eigenvalue weighted by Gasteiger charge is -2.03. The summed E-state index contributed by atoms with van der Waals surface area (Å²) in [6.45, 7) is 1.98. The molecule has 0 unspecified atom stereocenters. The second kappa shape index (κ2) is 7.33. The van der Waals surface area contributed by atoms with Crippen molar-refractivity contribution in [3.05, 3.63) is 89.8 Å². The zero-order valence-electron chi connectivity index (χ0n) is 14.7. The maximum atomic E-state index is 12.7. The maximum Gasteiger partial charge on any atom is 0.361 e. The quantitative estimate of drug-likeness (QED) is 0.454. The number of benzene rings is 2. The van der Waals surface area contributed by atoms with E-state index in [0.29, 0.717) is 17.4 Å². The molecule has 0 saturated heterocycles. The van der Waals surface area contributed by atoms with Crippen LogP contribution in [0.5, 0.6) is 0 Å². The largest absolute Gasteiger partial charge is 0.458 e. The molecule has 0 N–H and O–H groups in total. The highest BCUT2D eigenvalue weighted by Crippen LogP contribution is 2.31. The molecule has 4 aromatic rings. The third kappa shape index (κ3) is 3.67. The van der Waals surface area contributed by atoms with Crippen molar-refractivity contribution in [1.82, 2.24) is 4.98 Å². The fourth-order valence-corrected chi connectivity index (χ4v) is 2.68. The van der Waals surface area contributed by atoms with E-state index in [4.69, 9.17) is 13.6 Å². The summed E-state index contributed by atoms with van der Waals surface area (Å²) in [7, 11) is 0. The van der Waals surface area contributed by atoms with Crippen molar-refractivity contribution < 1.29 is 18.4 Å². The van der Waals surface area contributed by atoms with Crippen LogP contribution in [0, 0.1) is 6.92 Å². The molecule has 0 fully saturated rings. The lowest BCUT2D eigenvalue weighted by atomic mass is 10.2. The summed E-state index contributed by atoms with van der Waals surface area (Å²) in [5.74, 6) is 1.19. The number of carbonyl (C=O) groups excluding carboxylic acids is 1. The van der Waals surface area contributed by atoms with E-state index in [1.807, 2.05) is 67.6 Å². The highest BCUT2D eigenvalue weighted by Gasteiger charge is 2.25. The molecular weight excluding hydrogens is 342 g/mol. The molecule has 0 bridgehead atoms. The summed E-state index contributed by atoms with van der Waals surface area (Å²) < 4.78 is 16.9. The lowest BCUT2D eigenvalue weighted by Crippen LogP contribution is -2.07. The fraction of sp³-hybridized carbons (Fsp3) is 0.0909. The van der Waals surface area contributed by atoms with Crippen LogP contribution in [0.1, 0.15) is 21.8 Å². The van der Waals surface area contributed by atoms with E-state index in [2.05, 4.69) is 4.98 Å². The first-order chi connectivity index (χ1) is 13.2. The number of oxazole rings is 1. The van der Waals surface area contributed by atoms with Crippen LogP contribution in [0.3, 0.4) is 0 Å². The van der Waals surface area contributed by atoms with Crippen LogP contribution in [0.4, 0.5) is 0 Å². The van der Waals surface area contributed by atoms with Crippen molar-refractivity contribution in [2.45, 2.75) is 13.5 Å². The Morgan fingerprint density at radius 2 is 1.63 bits per heavy atom. The Balaban J connectivity index is 1.67. The van der Waals surface area contributed by atoms with E-state index in [1.165, 1.54) is 0 Å². The highest BCUT2D eigenvalue weighted by molar-refractivity contribution is 5.93. The number of carbonyl (C=O) groups is 1. The predicted molar refractivity (Wildman–Crippen MR) is 99.9 cm³/mol. The Kier molecular flexibility index (Phi) is 4.58. The van der Waals surface area contributed by atoms with Gasteiger partial charge < -0.3 is 13.6 Å². The first-order valence-corrected chi connectivity index (χ1v) is 8.55. The van der Waals surface area contributed by atoms with Crippen molar-refractivity contribution in [1.29, 1.82) is 0 Å². The van der Waals surface area contributed by atoms with Crippen LogP contribution in [0.2, 0.25) is 0 Å². The van der Waals surface area contributed by atoms with Gasteiger partial charge in [-0.05, 0) is 36.8 Å². The molecule has 0 aliphatic carbocycles. The monoisotopic (exact) mass is 359 g/mol. The molecule has 0 aliphatic heterocycles. The molecule has 5 heteroatoms. The number of hydrogen-bond acceptors (Lipinski definition) is 5. The van der Waals surface area contributed by atoms with Gasteiger partial charge in [0.05, 0.1) is 0 Å². The van der Waals surface area contributed by atoms with Gasteiger partial charge in [-0.25, -0.2) is 9.78 Å². The van der Waals surface area contributed by atoms with Gasteiger partial charge in [-0.1, -0.05) is 48.5 Å². The van der Waals surface area contributed by atoms with Crippen LogP contribution in [0.25, 0.3) is 23.0 Å². The Bertz CT molecular complexity index is 1050. The second-order valence-corrected chi connectivity index (χ2v) is 6.03. The van der Waals surface area contributed by atoms with E-state index < -0.39 is 5.97 Å². The summed E-state index contributed by atoms with van der Waals surface area (Å²) in [6.07, 6.45) is 0. The molecule has 0 aliphatic rings. The Morgan fingerprint density at radius 1 is 0.926 bits per heavy atom. The Labute approximate surface area is 156 Å². The zero-order chi connectivity index (χ0) is 18.6. The van der Waals surface area contributed by atoms with Gasteiger partial charge in [0.25, 0.3) is 0 Å². The van der Waals surface area contributed by atoms with Gasteiger partial charge in [0.15, 0.2) is 11.5 Å². The lowest BCUT2D eigenvalue weighted by molar-refractivity contribution is 0.0466. The van der Waals surface area contributed by atoms with E-state index in [9.17, 15) is 4.79 Å². The molecule has 134 valence electrons. The van der Waals surface area contributed by atoms with Crippen molar-refractivity contribution in [3.63, 3.8) is 0 Å². The summed E-state index contributed by atoms with van der Waals surface area (Å²) in [4.78, 5) is 17.1. The van der Waals surface area contributed by atoms with Crippen LogP contribution >= 0.6 is 0 Å². The Morgan fingerprint density at radius 3 is 2.30 bits per heavy atom. The molecule has 0 amide bonds. The predicted octanol–water partition coefficient (Wildman–Crippen LogP) is 5.27. The number of hydrogen-bond donors (Lipinski definition) is 0. The third-order valence-corrected chi connectivity index (χ3v) is 4.02. The molecule has 0 radical (unpaired) electrons. The molecule has 2 heterocycles. The van der Waals surface area contributed by atoms with Gasteiger partial charge >= 0.3 is 5.97 Å². The average Bonchev–Trinajstić information content (AvgIpc) is 3.34. The van der Waals surface area contributed by atoms with Crippen molar-refractivity contribution >= 4 is 5.97 Å². The van der Waals surface area contributed by atoms with Crippen LogP contribution in [-0.2, 0) is 11.3 Å². The smallest absolute Gasteiger partial charge is 0.361 e. The molecule has 27 heavy (non-hydrogen) atoms. The average molecular weight is 359 g/mol. The minimum absolute atomic E-state index is 0.0964. The Hall–Kier alpha value is -3.60. The van der Waals surface area contributed by atoms with E-state index in [1.54, 1.807) is 12.1 Å². The van der Waals surface area contributed by atoms with Crippen LogP contribution in [0.15, 0.2) is 81.6 Å². The first kappa shape index (κ1) is 16.8. The number of aromatic nitrogens is 1. The summed E-state index contributed by atoms with van der Waals surface area (Å²) in [6, 6.07) is 22.4.